The lowest BCUT2D eigenvalue weighted by molar-refractivity contribution is -0.0400. The van der Waals surface area contributed by atoms with Crippen LogP contribution in [0.2, 0.25) is 0 Å². The van der Waals surface area contributed by atoms with Crippen LogP contribution in [0.25, 0.3) is 0 Å². The minimum absolute atomic E-state index is 0.0857. The van der Waals surface area contributed by atoms with E-state index in [1.54, 1.807) is 18.6 Å². The number of rotatable bonds is 12. The Kier molecular flexibility index (Phi) is 30.8. The minimum Gasteiger partial charge on any atom is -0.369 e. The molecule has 0 bridgehead atoms. The average Bonchev–Trinajstić information content (AvgIpc) is 3.27. The molecule has 4 heterocycles. The van der Waals surface area contributed by atoms with E-state index in [2.05, 4.69) is 99.6 Å². The first kappa shape index (κ1) is 53.7. The SMILES string of the molecule is CC(C)OC(c1ccccc1)c1ccccn1.CC(C)OC(c1ccccn1)C1CCCCC1.CC(C)OC(c1ccccn1)c1ccccn1.CCC.CCC.CCC. The molecule has 5 aromatic rings. The zero-order valence-corrected chi connectivity index (χ0v) is 39.3. The Balaban J connectivity index is 0.000000408. The second kappa shape index (κ2) is 34.4. The topological polar surface area (TPSA) is 79.2 Å². The molecule has 0 radical (unpaired) electrons. The molecule has 2 unspecified atom stereocenters. The predicted molar refractivity (Wildman–Crippen MR) is 253 cm³/mol. The zero-order valence-electron chi connectivity index (χ0n) is 39.3. The van der Waals surface area contributed by atoms with Gasteiger partial charge in [0.1, 0.15) is 18.3 Å². The monoisotopic (exact) mass is 821 g/mol. The molecular formula is C53H80N4O3. The number of hydrogen-bond donors (Lipinski definition) is 0. The molecule has 7 nitrogen and oxygen atoms in total. The van der Waals surface area contributed by atoms with Gasteiger partial charge in [-0.15, -0.1) is 0 Å². The third kappa shape index (κ3) is 23.5. The van der Waals surface area contributed by atoms with Crippen molar-refractivity contribution in [1.29, 1.82) is 0 Å². The summed E-state index contributed by atoms with van der Waals surface area (Å²) in [5.74, 6) is 0.654. The van der Waals surface area contributed by atoms with E-state index in [9.17, 15) is 0 Å². The largest absolute Gasteiger partial charge is 0.369 e. The highest BCUT2D eigenvalue weighted by atomic mass is 16.5. The summed E-state index contributed by atoms with van der Waals surface area (Å²) >= 11 is 0. The molecule has 0 saturated heterocycles. The summed E-state index contributed by atoms with van der Waals surface area (Å²) in [6.07, 6.45) is 18.1. The van der Waals surface area contributed by atoms with Gasteiger partial charge >= 0.3 is 0 Å². The quantitative estimate of drug-likeness (QED) is 0.124. The van der Waals surface area contributed by atoms with Crippen molar-refractivity contribution >= 4 is 0 Å². The van der Waals surface area contributed by atoms with Gasteiger partial charge in [-0.1, -0.05) is 135 Å². The van der Waals surface area contributed by atoms with Crippen LogP contribution in [-0.2, 0) is 14.2 Å². The normalized spacial score (nSPS) is 13.1. The maximum absolute atomic E-state index is 6.11. The summed E-state index contributed by atoms with van der Waals surface area (Å²) in [7, 11) is 0. The van der Waals surface area contributed by atoms with Crippen LogP contribution in [0.4, 0.5) is 0 Å². The van der Waals surface area contributed by atoms with E-state index in [1.165, 1.54) is 51.4 Å². The van der Waals surface area contributed by atoms with Crippen molar-refractivity contribution in [2.75, 3.05) is 0 Å². The van der Waals surface area contributed by atoms with Gasteiger partial charge in [-0.2, -0.15) is 0 Å². The Labute approximate surface area is 366 Å². The van der Waals surface area contributed by atoms with E-state index >= 15 is 0 Å². The Hall–Kier alpha value is -4.30. The lowest BCUT2D eigenvalue weighted by Gasteiger charge is -2.31. The van der Waals surface area contributed by atoms with Gasteiger partial charge in [0.2, 0.25) is 0 Å². The molecule has 0 N–H and O–H groups in total. The Morgan fingerprint density at radius 3 is 1.10 bits per heavy atom. The van der Waals surface area contributed by atoms with Gasteiger partial charge in [-0.05, 0) is 114 Å². The van der Waals surface area contributed by atoms with Crippen molar-refractivity contribution in [2.45, 2.75) is 171 Å². The van der Waals surface area contributed by atoms with E-state index < -0.39 is 0 Å². The summed E-state index contributed by atoms with van der Waals surface area (Å²) < 4.78 is 18.0. The molecule has 0 amide bonds. The average molecular weight is 821 g/mol. The molecule has 1 aliphatic rings. The van der Waals surface area contributed by atoms with Gasteiger partial charge in [0, 0.05) is 24.8 Å². The van der Waals surface area contributed by atoms with Crippen molar-refractivity contribution in [3.05, 3.63) is 156 Å². The summed E-state index contributed by atoms with van der Waals surface area (Å²) in [5.41, 5.74) is 4.97. The number of pyridine rings is 4. The second-order valence-electron chi connectivity index (χ2n) is 15.7. The minimum atomic E-state index is -0.197. The maximum atomic E-state index is 6.11. The molecule has 6 rings (SSSR count). The van der Waals surface area contributed by atoms with Crippen LogP contribution in [0.3, 0.4) is 0 Å². The van der Waals surface area contributed by atoms with Crippen LogP contribution in [0.5, 0.6) is 0 Å². The zero-order chi connectivity index (χ0) is 44.4. The van der Waals surface area contributed by atoms with Crippen LogP contribution in [0, 0.1) is 5.92 Å². The van der Waals surface area contributed by atoms with Crippen LogP contribution in [-0.4, -0.2) is 38.2 Å². The molecule has 2 atom stereocenters. The fourth-order valence-corrected chi connectivity index (χ4v) is 6.07. The predicted octanol–water partition coefficient (Wildman–Crippen LogP) is 15.0. The first-order valence-corrected chi connectivity index (χ1v) is 22.7. The van der Waals surface area contributed by atoms with E-state index in [4.69, 9.17) is 14.2 Å². The van der Waals surface area contributed by atoms with E-state index in [0.29, 0.717) is 5.92 Å². The van der Waals surface area contributed by atoms with Crippen molar-refractivity contribution in [3.63, 3.8) is 0 Å². The van der Waals surface area contributed by atoms with Crippen molar-refractivity contribution < 1.29 is 14.2 Å². The molecule has 1 fully saturated rings. The second-order valence-corrected chi connectivity index (χ2v) is 15.7. The number of ether oxygens (including phenoxy) is 3. The molecular weight excluding hydrogens is 741 g/mol. The van der Waals surface area contributed by atoms with E-state index in [1.807, 2.05) is 113 Å². The fourth-order valence-electron chi connectivity index (χ4n) is 6.07. The number of nitrogens with zero attached hydrogens (tertiary/aromatic N) is 4. The highest BCUT2D eigenvalue weighted by Crippen LogP contribution is 2.36. The Bertz CT molecular complexity index is 1460. The first-order valence-electron chi connectivity index (χ1n) is 22.7. The van der Waals surface area contributed by atoms with Gasteiger partial charge in [-0.25, -0.2) is 0 Å². The summed E-state index contributed by atoms with van der Waals surface area (Å²) in [5, 5.41) is 0. The first-order chi connectivity index (χ1) is 29.1. The van der Waals surface area contributed by atoms with Gasteiger partial charge in [-0.3, -0.25) is 19.9 Å². The number of benzene rings is 1. The van der Waals surface area contributed by atoms with Crippen LogP contribution in [0.15, 0.2) is 128 Å². The van der Waals surface area contributed by atoms with Gasteiger partial charge in [0.15, 0.2) is 0 Å². The van der Waals surface area contributed by atoms with Crippen molar-refractivity contribution in [1.82, 2.24) is 19.9 Å². The Morgan fingerprint density at radius 2 is 0.750 bits per heavy atom. The van der Waals surface area contributed by atoms with Gasteiger partial charge < -0.3 is 14.2 Å². The van der Waals surface area contributed by atoms with Crippen LogP contribution in [0.1, 0.15) is 181 Å². The maximum Gasteiger partial charge on any atom is 0.142 e. The molecule has 1 aliphatic carbocycles. The van der Waals surface area contributed by atoms with Crippen molar-refractivity contribution in [2.24, 2.45) is 5.92 Å². The summed E-state index contributed by atoms with van der Waals surface area (Å²) in [4.78, 5) is 17.6. The smallest absolute Gasteiger partial charge is 0.142 e. The molecule has 1 saturated carbocycles. The lowest BCUT2D eigenvalue weighted by atomic mass is 9.84. The van der Waals surface area contributed by atoms with Crippen molar-refractivity contribution in [3.8, 4) is 0 Å². The Morgan fingerprint density at radius 1 is 0.417 bits per heavy atom. The third-order valence-electron chi connectivity index (χ3n) is 8.26. The van der Waals surface area contributed by atoms with E-state index in [-0.39, 0.29) is 36.6 Å². The number of aromatic nitrogens is 4. The highest BCUT2D eigenvalue weighted by Gasteiger charge is 2.27. The molecule has 330 valence electrons. The van der Waals surface area contributed by atoms with Crippen LogP contribution < -0.4 is 0 Å². The van der Waals surface area contributed by atoms with E-state index in [0.717, 1.165) is 28.3 Å². The summed E-state index contributed by atoms with van der Waals surface area (Å²) in [6, 6.07) is 33.9. The molecule has 60 heavy (non-hydrogen) atoms. The number of hydrogen-bond acceptors (Lipinski definition) is 7. The molecule has 0 spiro atoms. The standard InChI is InChI=1S/C15H23NO.C15H17NO.C14H16N2O.3C3H8/c2*1-12(2)17-15(13-8-4-3-5-9-13)14-10-6-7-11-16-14;1-11(2)17-14(12-7-3-5-9-15-12)13-8-4-6-10-16-13;3*1-3-2/h6-7,10-13,15H,3-5,8-9H2,1-2H3;3-12,15H,1-2H3;3-11,14H,1-2H3;3*3H2,1-2H3. The fraction of sp³-hybridized carbons (Fsp3) is 0.509. The highest BCUT2D eigenvalue weighted by molar-refractivity contribution is 5.26. The molecule has 0 aliphatic heterocycles. The third-order valence-corrected chi connectivity index (χ3v) is 8.26. The molecule has 4 aromatic heterocycles. The van der Waals surface area contributed by atoms with Gasteiger partial charge in [0.05, 0.1) is 41.1 Å². The lowest BCUT2D eigenvalue weighted by Crippen LogP contribution is -2.22. The molecule has 7 heteroatoms. The molecule has 1 aromatic carbocycles. The van der Waals surface area contributed by atoms with Gasteiger partial charge in [0.25, 0.3) is 0 Å². The summed E-state index contributed by atoms with van der Waals surface area (Å²) in [6.45, 7) is 25.1. The van der Waals surface area contributed by atoms with Crippen LogP contribution >= 0.6 is 0 Å².